The highest BCUT2D eigenvalue weighted by atomic mass is 16.5. The van der Waals surface area contributed by atoms with Crippen molar-refractivity contribution in [3.63, 3.8) is 0 Å². The molecule has 0 aromatic heterocycles. The molecule has 0 spiro atoms. The Labute approximate surface area is 70.7 Å². The van der Waals surface area contributed by atoms with Crippen LogP contribution in [-0.2, 0) is 14.3 Å². The van der Waals surface area contributed by atoms with Gasteiger partial charge in [-0.3, -0.25) is 10.1 Å². The number of ether oxygens (including phenoxy) is 2. The Balaban J connectivity index is 2.26. The fraction of sp³-hybridized carbons (Fsp3) is 0.857. The zero-order valence-corrected chi connectivity index (χ0v) is 6.95. The lowest BCUT2D eigenvalue weighted by Crippen LogP contribution is -2.42. The largest absolute Gasteiger partial charge is 0.480 e. The minimum atomic E-state index is -0.864. The third-order valence-corrected chi connectivity index (χ3v) is 1.85. The molecule has 0 unspecified atom stereocenters. The average molecular weight is 175 g/mol. The number of carboxylic acids is 1. The minimum absolute atomic E-state index is 0.00565. The van der Waals surface area contributed by atoms with Crippen LogP contribution in [0.1, 0.15) is 0 Å². The minimum Gasteiger partial charge on any atom is -0.480 e. The third-order valence-electron chi connectivity index (χ3n) is 1.85. The van der Waals surface area contributed by atoms with Crippen molar-refractivity contribution in [2.45, 2.75) is 12.1 Å². The van der Waals surface area contributed by atoms with Crippen LogP contribution in [0.4, 0.5) is 0 Å². The van der Waals surface area contributed by atoms with Crippen molar-refractivity contribution in [2.24, 2.45) is 0 Å². The van der Waals surface area contributed by atoms with E-state index in [0.29, 0.717) is 13.2 Å². The molecule has 0 saturated carbocycles. The molecule has 1 aliphatic rings. The molecule has 1 aliphatic heterocycles. The van der Waals surface area contributed by atoms with E-state index in [9.17, 15) is 4.79 Å². The van der Waals surface area contributed by atoms with Gasteiger partial charge < -0.3 is 14.6 Å². The van der Waals surface area contributed by atoms with Gasteiger partial charge in [0.1, 0.15) is 0 Å². The van der Waals surface area contributed by atoms with E-state index in [1.165, 1.54) is 0 Å². The number of methoxy groups -OCH3 is 1. The predicted molar refractivity (Wildman–Crippen MR) is 41.0 cm³/mol. The van der Waals surface area contributed by atoms with E-state index in [1.54, 1.807) is 7.11 Å². The van der Waals surface area contributed by atoms with Gasteiger partial charge in [-0.2, -0.15) is 0 Å². The molecule has 1 fully saturated rings. The molecule has 2 N–H and O–H groups in total. The van der Waals surface area contributed by atoms with Gasteiger partial charge in [0, 0.05) is 7.11 Å². The van der Waals surface area contributed by atoms with E-state index in [0.717, 1.165) is 0 Å². The Morgan fingerprint density at radius 2 is 2.50 bits per heavy atom. The molecule has 0 aromatic carbocycles. The zero-order valence-electron chi connectivity index (χ0n) is 6.95. The van der Waals surface area contributed by atoms with Crippen LogP contribution in [0, 0.1) is 0 Å². The summed E-state index contributed by atoms with van der Waals surface area (Å²) in [6.45, 7) is 1.01. The number of carbonyl (C=O) groups is 1. The first-order valence-electron chi connectivity index (χ1n) is 3.79. The first kappa shape index (κ1) is 9.44. The van der Waals surface area contributed by atoms with Crippen LogP contribution in [0.5, 0.6) is 0 Å². The summed E-state index contributed by atoms with van der Waals surface area (Å²) in [5.41, 5.74) is 0. The number of rotatable bonds is 4. The number of hydrogen-bond donors (Lipinski definition) is 2. The van der Waals surface area contributed by atoms with Crippen molar-refractivity contribution in [3.8, 4) is 0 Å². The van der Waals surface area contributed by atoms with Gasteiger partial charge in [0.15, 0.2) is 0 Å². The van der Waals surface area contributed by atoms with E-state index in [-0.39, 0.29) is 18.7 Å². The van der Waals surface area contributed by atoms with Crippen LogP contribution in [0.3, 0.4) is 0 Å². The molecule has 0 amide bonds. The Kier molecular flexibility index (Phi) is 3.46. The SMILES string of the molecule is CO[C@H]1COC[C@@H]1NCC(=O)O. The van der Waals surface area contributed by atoms with Crippen molar-refractivity contribution in [1.82, 2.24) is 5.32 Å². The molecule has 12 heavy (non-hydrogen) atoms. The van der Waals surface area contributed by atoms with E-state index in [2.05, 4.69) is 5.32 Å². The number of carboxylic acid groups (broad SMARTS) is 1. The van der Waals surface area contributed by atoms with Crippen LogP contribution in [0.15, 0.2) is 0 Å². The maximum absolute atomic E-state index is 10.2. The quantitative estimate of drug-likeness (QED) is 0.578. The standard InChI is InChI=1S/C7H13NO4/c1-11-6-4-12-3-5(6)8-2-7(9)10/h5-6,8H,2-4H2,1H3,(H,9,10)/t5-,6-/m0/s1. The van der Waals surface area contributed by atoms with Crippen LogP contribution in [0.2, 0.25) is 0 Å². The summed E-state index contributed by atoms with van der Waals surface area (Å²) in [6, 6.07) is 0.00565. The normalized spacial score (nSPS) is 29.1. The van der Waals surface area contributed by atoms with Gasteiger partial charge in [-0.05, 0) is 0 Å². The molecule has 0 bridgehead atoms. The van der Waals surface area contributed by atoms with Gasteiger partial charge >= 0.3 is 5.97 Å². The van der Waals surface area contributed by atoms with Gasteiger partial charge in [-0.25, -0.2) is 0 Å². The van der Waals surface area contributed by atoms with Crippen LogP contribution in [-0.4, -0.2) is 50.1 Å². The maximum atomic E-state index is 10.2. The van der Waals surface area contributed by atoms with Crippen molar-refractivity contribution < 1.29 is 19.4 Å². The molecule has 2 atom stereocenters. The Morgan fingerprint density at radius 3 is 3.08 bits per heavy atom. The monoisotopic (exact) mass is 175 g/mol. The topological polar surface area (TPSA) is 67.8 Å². The summed E-state index contributed by atoms with van der Waals surface area (Å²) in [4.78, 5) is 10.2. The molecule has 70 valence electrons. The first-order valence-corrected chi connectivity index (χ1v) is 3.79. The lowest BCUT2D eigenvalue weighted by molar-refractivity contribution is -0.136. The van der Waals surface area contributed by atoms with Gasteiger partial charge in [0.05, 0.1) is 31.9 Å². The maximum Gasteiger partial charge on any atom is 0.317 e. The van der Waals surface area contributed by atoms with E-state index < -0.39 is 5.97 Å². The third kappa shape index (κ3) is 2.44. The Morgan fingerprint density at radius 1 is 1.75 bits per heavy atom. The fourth-order valence-corrected chi connectivity index (χ4v) is 1.18. The first-order chi connectivity index (χ1) is 5.74. The number of aliphatic carboxylic acids is 1. The molecule has 5 nitrogen and oxygen atoms in total. The molecule has 0 aromatic rings. The predicted octanol–water partition coefficient (Wildman–Crippen LogP) is -0.926. The van der Waals surface area contributed by atoms with Crippen LogP contribution in [0.25, 0.3) is 0 Å². The molecular formula is C7H13NO4. The summed E-state index contributed by atoms with van der Waals surface area (Å²) in [5, 5.41) is 11.2. The summed E-state index contributed by atoms with van der Waals surface area (Å²) in [7, 11) is 1.59. The van der Waals surface area contributed by atoms with Gasteiger partial charge in [0.2, 0.25) is 0 Å². The lowest BCUT2D eigenvalue weighted by atomic mass is 10.2. The molecule has 5 heteroatoms. The van der Waals surface area contributed by atoms with Gasteiger partial charge in [-0.15, -0.1) is 0 Å². The molecule has 0 radical (unpaired) electrons. The zero-order chi connectivity index (χ0) is 8.97. The second-order valence-electron chi connectivity index (χ2n) is 2.69. The summed E-state index contributed by atoms with van der Waals surface area (Å²) < 4.78 is 10.2. The van der Waals surface area contributed by atoms with Crippen molar-refractivity contribution in [2.75, 3.05) is 26.9 Å². The molecule has 1 rings (SSSR count). The molecule has 1 heterocycles. The van der Waals surface area contributed by atoms with Gasteiger partial charge in [0.25, 0.3) is 0 Å². The summed E-state index contributed by atoms with van der Waals surface area (Å²) >= 11 is 0. The average Bonchev–Trinajstić information content (AvgIpc) is 2.47. The smallest absolute Gasteiger partial charge is 0.317 e. The van der Waals surface area contributed by atoms with Crippen molar-refractivity contribution in [1.29, 1.82) is 0 Å². The number of hydrogen-bond acceptors (Lipinski definition) is 4. The molecule has 0 aliphatic carbocycles. The second kappa shape index (κ2) is 4.39. The molecular weight excluding hydrogens is 162 g/mol. The van der Waals surface area contributed by atoms with E-state index >= 15 is 0 Å². The fourth-order valence-electron chi connectivity index (χ4n) is 1.18. The Bertz CT molecular complexity index is 161. The Hall–Kier alpha value is -0.650. The van der Waals surface area contributed by atoms with E-state index in [1.807, 2.05) is 0 Å². The van der Waals surface area contributed by atoms with E-state index in [4.69, 9.17) is 14.6 Å². The summed E-state index contributed by atoms with van der Waals surface area (Å²) in [5.74, 6) is -0.864. The van der Waals surface area contributed by atoms with Crippen LogP contribution < -0.4 is 5.32 Å². The second-order valence-corrected chi connectivity index (χ2v) is 2.69. The lowest BCUT2D eigenvalue weighted by Gasteiger charge is -2.15. The highest BCUT2D eigenvalue weighted by Gasteiger charge is 2.27. The van der Waals surface area contributed by atoms with Crippen molar-refractivity contribution in [3.05, 3.63) is 0 Å². The highest BCUT2D eigenvalue weighted by molar-refractivity contribution is 5.69. The number of nitrogens with one attached hydrogen (secondary N) is 1. The van der Waals surface area contributed by atoms with Crippen molar-refractivity contribution >= 4 is 5.97 Å². The molecule has 1 saturated heterocycles. The summed E-state index contributed by atoms with van der Waals surface area (Å²) in [6.07, 6.45) is -0.0238. The van der Waals surface area contributed by atoms with Crippen LogP contribution >= 0.6 is 0 Å². The van der Waals surface area contributed by atoms with Gasteiger partial charge in [-0.1, -0.05) is 0 Å². The highest BCUT2D eigenvalue weighted by Crippen LogP contribution is 2.07.